The van der Waals surface area contributed by atoms with Gasteiger partial charge in [-0.2, -0.15) is 0 Å². The molecule has 2 atom stereocenters. The van der Waals surface area contributed by atoms with Gasteiger partial charge < -0.3 is 20.0 Å². The molecule has 2 aromatic carbocycles. The first-order chi connectivity index (χ1) is 14.1. The number of likely N-dealkylation sites (tertiary alicyclic amines) is 1. The van der Waals surface area contributed by atoms with Crippen LogP contribution < -0.4 is 0 Å². The Bertz CT molecular complexity index is 944. The van der Waals surface area contributed by atoms with Crippen LogP contribution in [0.5, 0.6) is 5.75 Å². The van der Waals surface area contributed by atoms with Gasteiger partial charge in [-0.1, -0.05) is 12.1 Å². The van der Waals surface area contributed by atoms with Crippen LogP contribution in [0.25, 0.3) is 0 Å². The van der Waals surface area contributed by atoms with Gasteiger partial charge in [-0.05, 0) is 44.3 Å². The number of carbonyl (C=O) groups is 1. The van der Waals surface area contributed by atoms with Crippen molar-refractivity contribution in [2.45, 2.75) is 18.4 Å². The van der Waals surface area contributed by atoms with Gasteiger partial charge >= 0.3 is 0 Å². The smallest absolute Gasteiger partial charge is 0.227 e. The Morgan fingerprint density at radius 1 is 1.16 bits per heavy atom. The van der Waals surface area contributed by atoms with Gasteiger partial charge in [0.15, 0.2) is 11.6 Å². The Kier molecular flexibility index (Phi) is 7.97. The predicted molar refractivity (Wildman–Crippen MR) is 113 cm³/mol. The number of amides is 1. The van der Waals surface area contributed by atoms with Crippen LogP contribution in [-0.2, 0) is 16.8 Å². The van der Waals surface area contributed by atoms with Crippen LogP contribution in [0.1, 0.15) is 17.5 Å². The Hall–Kier alpha value is -2.29. The van der Waals surface area contributed by atoms with Gasteiger partial charge in [-0.25, -0.2) is 13.2 Å². The van der Waals surface area contributed by atoms with E-state index in [-0.39, 0.29) is 49.1 Å². The van der Waals surface area contributed by atoms with Gasteiger partial charge in [0.2, 0.25) is 5.91 Å². The second-order valence-electron chi connectivity index (χ2n) is 8.06. The fourth-order valence-corrected chi connectivity index (χ4v) is 4.02. The third kappa shape index (κ3) is 5.50. The second kappa shape index (κ2) is 9.89. The van der Waals surface area contributed by atoms with Crippen LogP contribution in [0.15, 0.2) is 36.4 Å². The minimum absolute atomic E-state index is 0. The number of nitrogens with zero attached hydrogens (tertiary/aromatic N) is 2. The Labute approximate surface area is 185 Å². The van der Waals surface area contributed by atoms with E-state index in [2.05, 4.69) is 0 Å². The number of halogens is 4. The van der Waals surface area contributed by atoms with E-state index >= 15 is 0 Å². The Balaban J connectivity index is 0.00000341. The highest BCUT2D eigenvalue weighted by molar-refractivity contribution is 5.85. The van der Waals surface area contributed by atoms with E-state index in [1.807, 2.05) is 19.0 Å². The van der Waals surface area contributed by atoms with E-state index < -0.39 is 35.4 Å². The van der Waals surface area contributed by atoms with Crippen LogP contribution in [0, 0.1) is 23.4 Å². The van der Waals surface area contributed by atoms with Gasteiger partial charge in [0.25, 0.3) is 0 Å². The number of hydrogen-bond acceptors (Lipinski definition) is 4. The van der Waals surface area contributed by atoms with Crippen LogP contribution in [0.4, 0.5) is 13.2 Å². The first kappa shape index (κ1) is 25.0. The highest BCUT2D eigenvalue weighted by atomic mass is 35.5. The number of rotatable bonds is 5. The lowest BCUT2D eigenvalue weighted by Crippen LogP contribution is -2.54. The molecule has 1 saturated heterocycles. The summed E-state index contributed by atoms with van der Waals surface area (Å²) in [5, 5.41) is 21.3. The summed E-state index contributed by atoms with van der Waals surface area (Å²) in [7, 11) is 3.70. The van der Waals surface area contributed by atoms with Crippen molar-refractivity contribution in [1.29, 1.82) is 0 Å². The zero-order valence-electron chi connectivity index (χ0n) is 17.3. The third-order valence-electron chi connectivity index (χ3n) is 5.59. The molecular weight excluding hydrogens is 433 g/mol. The van der Waals surface area contributed by atoms with E-state index in [0.717, 1.165) is 0 Å². The largest absolute Gasteiger partial charge is 0.508 e. The van der Waals surface area contributed by atoms with Crippen molar-refractivity contribution in [3.63, 3.8) is 0 Å². The van der Waals surface area contributed by atoms with Gasteiger partial charge in [0.05, 0.1) is 12.0 Å². The molecule has 1 aliphatic rings. The number of benzene rings is 2. The summed E-state index contributed by atoms with van der Waals surface area (Å²) in [6.07, 6.45) is -0.177. The van der Waals surface area contributed by atoms with Crippen LogP contribution in [-0.4, -0.2) is 59.6 Å². The Morgan fingerprint density at radius 3 is 2.48 bits per heavy atom. The lowest BCUT2D eigenvalue weighted by molar-refractivity contribution is -0.141. The van der Waals surface area contributed by atoms with Gasteiger partial charge in [-0.3, -0.25) is 4.79 Å². The first-order valence-electron chi connectivity index (χ1n) is 9.68. The molecule has 1 aliphatic heterocycles. The summed E-state index contributed by atoms with van der Waals surface area (Å²) in [4.78, 5) is 16.2. The van der Waals surface area contributed by atoms with Crippen molar-refractivity contribution in [3.05, 3.63) is 65.0 Å². The summed E-state index contributed by atoms with van der Waals surface area (Å²) in [6.45, 7) is 0.879. The molecule has 1 fully saturated rings. The molecule has 2 N–H and O–H groups in total. The molecule has 0 aliphatic carbocycles. The van der Waals surface area contributed by atoms with Crippen molar-refractivity contribution < 1.29 is 28.2 Å². The molecule has 0 saturated carbocycles. The fourth-order valence-electron chi connectivity index (χ4n) is 4.02. The normalized spacial score (nSPS) is 21.1. The van der Waals surface area contributed by atoms with Crippen molar-refractivity contribution in [2.24, 2.45) is 5.92 Å². The summed E-state index contributed by atoms with van der Waals surface area (Å²) in [6, 6.07) is 7.55. The maximum absolute atomic E-state index is 13.9. The maximum atomic E-state index is 13.9. The van der Waals surface area contributed by atoms with E-state index in [4.69, 9.17) is 0 Å². The lowest BCUT2D eigenvalue weighted by Gasteiger charge is -2.46. The van der Waals surface area contributed by atoms with Crippen LogP contribution in [0.3, 0.4) is 0 Å². The molecule has 170 valence electrons. The number of aromatic hydroxyl groups is 1. The zero-order valence-corrected chi connectivity index (χ0v) is 18.1. The van der Waals surface area contributed by atoms with Gasteiger partial charge in [-0.15, -0.1) is 12.4 Å². The standard InChI is InChI=1S/C22H25F3N2O3.ClH/c1-26(2)12-16-13-27(7-6-22(16,30)15-4-3-5-17(28)10-15)21(29)9-14-8-19(24)20(25)11-18(14)23;/h3-5,8,10-11,16,28,30H,6-7,9,12-13H2,1-2H3;1H/t16-,22-;/m0./s1. The number of phenolic OH excluding ortho intramolecular Hbond substituents is 1. The molecule has 2 aromatic rings. The van der Waals surface area contributed by atoms with E-state index in [1.54, 1.807) is 12.1 Å². The van der Waals surface area contributed by atoms with E-state index in [0.29, 0.717) is 24.2 Å². The average molecular weight is 459 g/mol. The summed E-state index contributed by atoms with van der Waals surface area (Å²) >= 11 is 0. The number of hydrogen-bond donors (Lipinski definition) is 2. The van der Waals surface area contributed by atoms with Gasteiger partial charge in [0, 0.05) is 37.2 Å². The molecule has 0 radical (unpaired) electrons. The van der Waals surface area contributed by atoms with E-state index in [1.165, 1.54) is 17.0 Å². The van der Waals surface area contributed by atoms with Crippen molar-refractivity contribution in [1.82, 2.24) is 9.80 Å². The van der Waals surface area contributed by atoms with Crippen molar-refractivity contribution in [3.8, 4) is 5.75 Å². The highest BCUT2D eigenvalue weighted by Crippen LogP contribution is 2.39. The van der Waals surface area contributed by atoms with E-state index in [9.17, 15) is 28.2 Å². The molecule has 5 nitrogen and oxygen atoms in total. The molecule has 0 bridgehead atoms. The summed E-state index contributed by atoms with van der Waals surface area (Å²) < 4.78 is 40.5. The monoisotopic (exact) mass is 458 g/mol. The number of aliphatic hydroxyl groups is 1. The van der Waals surface area contributed by atoms with Crippen LogP contribution >= 0.6 is 12.4 Å². The summed E-state index contributed by atoms with van der Waals surface area (Å²) in [5.74, 6) is -4.24. The molecule has 0 aromatic heterocycles. The maximum Gasteiger partial charge on any atom is 0.227 e. The first-order valence-corrected chi connectivity index (χ1v) is 9.68. The number of carbonyl (C=O) groups excluding carboxylic acids is 1. The molecule has 31 heavy (non-hydrogen) atoms. The number of piperidine rings is 1. The molecule has 0 spiro atoms. The molecule has 3 rings (SSSR count). The minimum atomic E-state index is -1.30. The zero-order chi connectivity index (χ0) is 22.1. The third-order valence-corrected chi connectivity index (χ3v) is 5.59. The molecule has 0 unspecified atom stereocenters. The SMILES string of the molecule is CN(C)C[C@H]1CN(C(=O)Cc2cc(F)c(F)cc2F)CC[C@]1(O)c1cccc(O)c1.Cl. The molecule has 1 amide bonds. The van der Waals surface area contributed by atoms with Crippen LogP contribution in [0.2, 0.25) is 0 Å². The Morgan fingerprint density at radius 2 is 1.84 bits per heavy atom. The minimum Gasteiger partial charge on any atom is -0.508 e. The second-order valence-corrected chi connectivity index (χ2v) is 8.06. The molecular formula is C22H26ClF3N2O3. The summed E-state index contributed by atoms with van der Waals surface area (Å²) in [5.41, 5.74) is -0.905. The average Bonchev–Trinajstić information content (AvgIpc) is 2.67. The quantitative estimate of drug-likeness (QED) is 0.676. The van der Waals surface area contributed by atoms with Crippen molar-refractivity contribution >= 4 is 18.3 Å². The predicted octanol–water partition coefficient (Wildman–Crippen LogP) is 3.07. The lowest BCUT2D eigenvalue weighted by atomic mass is 9.75. The fraction of sp³-hybridized carbons (Fsp3) is 0.409. The molecule has 9 heteroatoms. The van der Waals surface area contributed by atoms with Gasteiger partial charge in [0.1, 0.15) is 11.6 Å². The van der Waals surface area contributed by atoms with Crippen molar-refractivity contribution in [2.75, 3.05) is 33.7 Å². The topological polar surface area (TPSA) is 64.0 Å². The highest BCUT2D eigenvalue weighted by Gasteiger charge is 2.44. The molecule has 1 heterocycles. The number of phenols is 1.